The second kappa shape index (κ2) is 10.3. The summed E-state index contributed by atoms with van der Waals surface area (Å²) in [7, 11) is 0. The summed E-state index contributed by atoms with van der Waals surface area (Å²) in [5.41, 5.74) is -0.733. The maximum absolute atomic E-state index is 14.5. The van der Waals surface area contributed by atoms with Crippen LogP contribution in [-0.2, 0) is 15.0 Å². The highest BCUT2D eigenvalue weighted by molar-refractivity contribution is 6.22. The molecule has 9 heterocycles. The summed E-state index contributed by atoms with van der Waals surface area (Å²) in [6.45, 7) is 12.9. The van der Waals surface area contributed by atoms with E-state index in [1.807, 2.05) is 37.3 Å². The summed E-state index contributed by atoms with van der Waals surface area (Å²) in [4.78, 5) is 60.5. The molecule has 0 N–H and O–H groups in total. The highest BCUT2D eigenvalue weighted by Gasteiger charge is 2.62. The largest absolute Gasteiger partial charge is 1.00 e. The lowest BCUT2D eigenvalue weighted by Gasteiger charge is -2.62. The SMILES string of the molecule is CCC1(c2ccccc2)C(=O)N(C[N+]23CN4CN(CN(C4)C2)C3)C(=O)N(C[N+]23CN4CN(CN(C4)C2)C3)C1=O.[Br-].[Br-]. The van der Waals surface area contributed by atoms with Gasteiger partial charge in [0.1, 0.15) is 40.0 Å². The molecule has 13 nitrogen and oxygen atoms in total. The summed E-state index contributed by atoms with van der Waals surface area (Å²) in [5.74, 6) is -0.740. The van der Waals surface area contributed by atoms with Crippen molar-refractivity contribution in [3.63, 3.8) is 0 Å². The van der Waals surface area contributed by atoms with Crippen molar-refractivity contribution in [1.29, 1.82) is 0 Å². The monoisotopic (exact) mass is 696 g/mol. The van der Waals surface area contributed by atoms with Gasteiger partial charge in [-0.2, -0.15) is 0 Å². The smallest absolute Gasteiger partial charge is 0.342 e. The van der Waals surface area contributed by atoms with Gasteiger partial charge in [0, 0.05) is 0 Å². The molecule has 9 aliphatic heterocycles. The van der Waals surface area contributed by atoms with Gasteiger partial charge >= 0.3 is 6.03 Å². The number of urea groups is 1. The predicted octanol–water partition coefficient (Wildman–Crippen LogP) is -6.93. The Balaban J connectivity index is 0.00000151. The second-order valence-electron chi connectivity index (χ2n) is 13.1. The number of carbonyl (C=O) groups excluding carboxylic acids is 3. The Kier molecular flexibility index (Phi) is 7.41. The molecule has 0 radical (unpaired) electrons. The van der Waals surface area contributed by atoms with E-state index in [9.17, 15) is 14.4 Å². The minimum Gasteiger partial charge on any atom is -1.00 e. The van der Waals surface area contributed by atoms with Crippen LogP contribution < -0.4 is 34.0 Å². The van der Waals surface area contributed by atoms with Crippen molar-refractivity contribution >= 4 is 17.8 Å². The quantitative estimate of drug-likeness (QED) is 0.213. The molecule has 9 aliphatic rings. The zero-order valence-electron chi connectivity index (χ0n) is 23.4. The van der Waals surface area contributed by atoms with Crippen molar-refractivity contribution < 1.29 is 57.3 Å². The number of nitrogens with zero attached hydrogens (tertiary/aromatic N) is 10. The van der Waals surface area contributed by atoms with E-state index in [0.29, 0.717) is 21.0 Å². The fourth-order valence-corrected chi connectivity index (χ4v) is 8.78. The molecular formula is C26H38Br2N10O3. The van der Waals surface area contributed by atoms with Crippen LogP contribution in [0.15, 0.2) is 30.3 Å². The lowest BCUT2D eigenvalue weighted by Crippen LogP contribution is -3.00. The second-order valence-corrected chi connectivity index (χ2v) is 13.1. The van der Waals surface area contributed by atoms with Crippen molar-refractivity contribution in [3.8, 4) is 0 Å². The van der Waals surface area contributed by atoms with E-state index >= 15 is 0 Å². The first-order chi connectivity index (χ1) is 18.8. The average Bonchev–Trinajstić information content (AvgIpc) is 2.89. The molecule has 0 aliphatic carbocycles. The van der Waals surface area contributed by atoms with Crippen molar-refractivity contribution in [2.75, 3.05) is 93.4 Å². The van der Waals surface area contributed by atoms with Crippen LogP contribution in [-0.4, -0.2) is 159 Å². The topological polar surface area (TPSA) is 77.1 Å². The Morgan fingerprint density at radius 1 is 0.610 bits per heavy atom. The van der Waals surface area contributed by atoms with Gasteiger partial charge in [0.15, 0.2) is 18.8 Å². The first-order valence-corrected chi connectivity index (χ1v) is 14.1. The highest BCUT2D eigenvalue weighted by Crippen LogP contribution is 2.40. The Hall–Kier alpha value is -1.53. The van der Waals surface area contributed by atoms with E-state index in [1.165, 1.54) is 9.80 Å². The van der Waals surface area contributed by atoms with Crippen LogP contribution in [0.4, 0.5) is 4.79 Å². The third kappa shape index (κ3) is 4.43. The Morgan fingerprint density at radius 3 is 1.27 bits per heavy atom. The number of halogens is 2. The number of barbiturate groups is 1. The molecule has 0 unspecified atom stereocenters. The molecule has 9 fully saturated rings. The van der Waals surface area contributed by atoms with Crippen LogP contribution in [0.1, 0.15) is 18.9 Å². The van der Waals surface area contributed by atoms with E-state index in [0.717, 1.165) is 80.0 Å². The number of imide groups is 2. The van der Waals surface area contributed by atoms with Crippen LogP contribution in [0, 0.1) is 0 Å². The first-order valence-electron chi connectivity index (χ1n) is 14.1. The van der Waals surface area contributed by atoms with Gasteiger partial charge in [-0.25, -0.2) is 44.0 Å². The molecule has 0 atom stereocenters. The number of benzene rings is 1. The molecule has 0 aromatic heterocycles. The Bertz CT molecular complexity index is 1100. The molecule has 4 amide bonds. The molecule has 10 rings (SSSR count). The van der Waals surface area contributed by atoms with Crippen molar-refractivity contribution in [3.05, 3.63) is 35.9 Å². The van der Waals surface area contributed by atoms with E-state index < -0.39 is 11.4 Å². The van der Waals surface area contributed by atoms with E-state index in [-0.39, 0.29) is 59.1 Å². The van der Waals surface area contributed by atoms with E-state index in [1.54, 1.807) is 0 Å². The third-order valence-electron chi connectivity index (χ3n) is 9.76. The molecule has 0 spiro atoms. The number of carbonyl (C=O) groups is 3. The molecule has 0 saturated carbocycles. The van der Waals surface area contributed by atoms with Crippen molar-refractivity contribution in [2.24, 2.45) is 0 Å². The molecule has 9 saturated heterocycles. The third-order valence-corrected chi connectivity index (χ3v) is 9.76. The van der Waals surface area contributed by atoms with Crippen LogP contribution in [0.5, 0.6) is 0 Å². The zero-order valence-corrected chi connectivity index (χ0v) is 26.6. The maximum Gasteiger partial charge on any atom is 0.342 e. The minimum absolute atomic E-state index is 0. The van der Waals surface area contributed by atoms with E-state index in [4.69, 9.17) is 0 Å². The number of rotatable bonds is 6. The number of hydrogen-bond acceptors (Lipinski definition) is 9. The van der Waals surface area contributed by atoms with Gasteiger partial charge in [-0.15, -0.1) is 0 Å². The van der Waals surface area contributed by atoms with Crippen LogP contribution in [0.3, 0.4) is 0 Å². The summed E-state index contributed by atoms with van der Waals surface area (Å²) in [6.07, 6.45) is 0.309. The average molecular weight is 698 g/mol. The first kappa shape index (κ1) is 29.5. The van der Waals surface area contributed by atoms with Gasteiger partial charge in [-0.1, -0.05) is 37.3 Å². The van der Waals surface area contributed by atoms with Gasteiger partial charge in [0.05, 0.1) is 40.0 Å². The Labute approximate surface area is 261 Å². The van der Waals surface area contributed by atoms with Crippen LogP contribution in [0.25, 0.3) is 0 Å². The molecule has 8 bridgehead atoms. The van der Waals surface area contributed by atoms with Crippen molar-refractivity contribution in [1.82, 2.24) is 39.2 Å². The summed E-state index contributed by atoms with van der Waals surface area (Å²) in [5, 5.41) is 0. The highest BCUT2D eigenvalue weighted by atomic mass is 79.9. The fraction of sp³-hybridized carbons (Fsp3) is 0.654. The molecular weight excluding hydrogens is 660 g/mol. The molecule has 15 heteroatoms. The van der Waals surface area contributed by atoms with E-state index in [2.05, 4.69) is 29.4 Å². The summed E-state index contributed by atoms with van der Waals surface area (Å²) < 4.78 is 1.23. The van der Waals surface area contributed by atoms with Gasteiger partial charge in [-0.05, 0) is 12.0 Å². The zero-order chi connectivity index (χ0) is 26.6. The summed E-state index contributed by atoms with van der Waals surface area (Å²) >= 11 is 0. The summed E-state index contributed by atoms with van der Waals surface area (Å²) in [6, 6.07) is 8.95. The molecule has 1 aromatic carbocycles. The maximum atomic E-state index is 14.5. The minimum atomic E-state index is -1.41. The van der Waals surface area contributed by atoms with Crippen LogP contribution >= 0.6 is 0 Å². The standard InChI is InChI=1S/C26H38N10O3.2BrH/c1-2-26(22-6-4-3-5-7-22)23(37)33(20-35-14-27-8-28(15-35)10-29(9-27)16-35)25(39)34(24(26)38)21-36-17-30-11-31(18-36)13-32(12-30)19-36;;/h3-7H,2,8-21H2,1H3;2*1H/q+2;;/p-2. The van der Waals surface area contributed by atoms with Gasteiger partial charge in [0.25, 0.3) is 11.8 Å². The predicted molar refractivity (Wildman–Crippen MR) is 137 cm³/mol. The van der Waals surface area contributed by atoms with Gasteiger partial charge in [0.2, 0.25) is 0 Å². The number of quaternary nitrogens is 2. The number of hydrogen-bond donors (Lipinski definition) is 0. The lowest BCUT2D eigenvalue weighted by atomic mass is 9.74. The molecule has 41 heavy (non-hydrogen) atoms. The fourth-order valence-electron chi connectivity index (χ4n) is 8.78. The van der Waals surface area contributed by atoms with Gasteiger partial charge < -0.3 is 34.0 Å². The lowest BCUT2D eigenvalue weighted by molar-refractivity contribution is -0.987. The molecule has 224 valence electrons. The Morgan fingerprint density at radius 2 is 0.951 bits per heavy atom. The van der Waals surface area contributed by atoms with Gasteiger partial charge in [-0.3, -0.25) is 18.6 Å². The van der Waals surface area contributed by atoms with Crippen LogP contribution in [0.2, 0.25) is 0 Å². The molecule has 1 aromatic rings. The normalized spacial score (nSPS) is 43.8. The number of amides is 4. The van der Waals surface area contributed by atoms with Crippen molar-refractivity contribution in [2.45, 2.75) is 18.8 Å².